The number of rotatable bonds is 3. The van der Waals surface area contributed by atoms with Crippen LogP contribution in [-0.2, 0) is 4.74 Å². The molecule has 0 bridgehead atoms. The smallest absolute Gasteiger partial charge is 0.322 e. The average Bonchev–Trinajstić information content (AvgIpc) is 2.48. The zero-order chi connectivity index (χ0) is 14.5. The van der Waals surface area contributed by atoms with Gasteiger partial charge in [-0.15, -0.1) is 0 Å². The maximum Gasteiger partial charge on any atom is 0.322 e. The summed E-state index contributed by atoms with van der Waals surface area (Å²) in [5.41, 5.74) is -0.0572. The summed E-state index contributed by atoms with van der Waals surface area (Å²) in [6.07, 6.45) is 0. The van der Waals surface area contributed by atoms with Gasteiger partial charge >= 0.3 is 6.03 Å². The number of benzene rings is 1. The Balaban J connectivity index is 2.15. The van der Waals surface area contributed by atoms with Gasteiger partial charge in [0.25, 0.3) is 5.69 Å². The molecule has 1 saturated heterocycles. The standard InChI is InChI=1S/C12H15N3O5/c1-19-9-2-3-10(11(8-9)15(17)18)13-12(16)14-4-6-20-7-5-14/h2-3,8H,4-7H2,1H3,(H,13,16). The topological polar surface area (TPSA) is 93.9 Å². The largest absolute Gasteiger partial charge is 0.496 e. The fourth-order valence-electron chi connectivity index (χ4n) is 1.86. The molecule has 0 radical (unpaired) electrons. The Hall–Kier alpha value is -2.35. The minimum atomic E-state index is -0.558. The molecule has 1 aromatic carbocycles. The zero-order valence-corrected chi connectivity index (χ0v) is 11.0. The van der Waals surface area contributed by atoms with E-state index in [9.17, 15) is 14.9 Å². The summed E-state index contributed by atoms with van der Waals surface area (Å²) in [5, 5.41) is 13.6. The van der Waals surface area contributed by atoms with Crippen molar-refractivity contribution in [2.45, 2.75) is 0 Å². The predicted octanol–water partition coefficient (Wildman–Crippen LogP) is 1.47. The van der Waals surface area contributed by atoms with Crippen molar-refractivity contribution in [3.05, 3.63) is 28.3 Å². The number of morpholine rings is 1. The van der Waals surface area contributed by atoms with E-state index in [1.54, 1.807) is 11.0 Å². The quantitative estimate of drug-likeness (QED) is 0.668. The molecule has 0 atom stereocenters. The van der Waals surface area contributed by atoms with Crippen molar-refractivity contribution in [2.75, 3.05) is 38.7 Å². The number of nitro groups is 1. The number of amides is 2. The molecule has 20 heavy (non-hydrogen) atoms. The van der Waals surface area contributed by atoms with E-state index < -0.39 is 4.92 Å². The van der Waals surface area contributed by atoms with Gasteiger partial charge in [-0.05, 0) is 12.1 Å². The first kappa shape index (κ1) is 14.1. The molecule has 0 aliphatic carbocycles. The fraction of sp³-hybridized carbons (Fsp3) is 0.417. The second kappa shape index (κ2) is 6.20. The van der Waals surface area contributed by atoms with Crippen LogP contribution in [-0.4, -0.2) is 49.3 Å². The Bertz CT molecular complexity index is 514. The molecule has 0 aromatic heterocycles. The summed E-state index contributed by atoms with van der Waals surface area (Å²) >= 11 is 0. The van der Waals surface area contributed by atoms with E-state index in [1.165, 1.54) is 19.2 Å². The van der Waals surface area contributed by atoms with Crippen LogP contribution in [0.1, 0.15) is 0 Å². The van der Waals surface area contributed by atoms with Gasteiger partial charge in [-0.25, -0.2) is 4.79 Å². The molecule has 1 heterocycles. The van der Waals surface area contributed by atoms with E-state index in [-0.39, 0.29) is 17.4 Å². The first-order valence-corrected chi connectivity index (χ1v) is 6.08. The molecule has 0 unspecified atom stereocenters. The van der Waals surface area contributed by atoms with Crippen molar-refractivity contribution >= 4 is 17.4 Å². The van der Waals surface area contributed by atoms with Crippen LogP contribution in [0.3, 0.4) is 0 Å². The highest BCUT2D eigenvalue weighted by Crippen LogP contribution is 2.29. The summed E-state index contributed by atoms with van der Waals surface area (Å²) in [7, 11) is 1.42. The number of nitro benzene ring substituents is 1. The van der Waals surface area contributed by atoms with Gasteiger partial charge in [0, 0.05) is 13.1 Å². The van der Waals surface area contributed by atoms with E-state index in [2.05, 4.69) is 5.32 Å². The summed E-state index contributed by atoms with van der Waals surface area (Å²) in [6.45, 7) is 1.88. The summed E-state index contributed by atoms with van der Waals surface area (Å²) in [4.78, 5) is 24.0. The van der Waals surface area contributed by atoms with Crippen LogP contribution in [0.2, 0.25) is 0 Å². The van der Waals surface area contributed by atoms with Gasteiger partial charge in [-0.3, -0.25) is 10.1 Å². The second-order valence-corrected chi connectivity index (χ2v) is 4.17. The Morgan fingerprint density at radius 3 is 2.75 bits per heavy atom. The SMILES string of the molecule is COc1ccc(NC(=O)N2CCOCC2)c([N+](=O)[O-])c1. The molecule has 2 rings (SSSR count). The van der Waals surface area contributed by atoms with Crippen molar-refractivity contribution < 1.29 is 19.2 Å². The summed E-state index contributed by atoms with van der Waals surface area (Å²) < 4.78 is 10.1. The fourth-order valence-corrected chi connectivity index (χ4v) is 1.86. The average molecular weight is 281 g/mol. The van der Waals surface area contributed by atoms with Gasteiger partial charge < -0.3 is 19.7 Å². The molecule has 1 fully saturated rings. The molecule has 1 aliphatic heterocycles. The molecule has 1 aromatic rings. The van der Waals surface area contributed by atoms with Crippen molar-refractivity contribution in [1.29, 1.82) is 0 Å². The van der Waals surface area contributed by atoms with Gasteiger partial charge in [-0.2, -0.15) is 0 Å². The number of ether oxygens (including phenoxy) is 2. The number of methoxy groups -OCH3 is 1. The lowest BCUT2D eigenvalue weighted by Gasteiger charge is -2.26. The van der Waals surface area contributed by atoms with Crippen molar-refractivity contribution in [3.63, 3.8) is 0 Å². The number of hydrogen-bond donors (Lipinski definition) is 1. The number of hydrogen-bond acceptors (Lipinski definition) is 5. The number of nitrogens with one attached hydrogen (secondary N) is 1. The van der Waals surface area contributed by atoms with Crippen LogP contribution in [0.5, 0.6) is 5.75 Å². The minimum absolute atomic E-state index is 0.146. The molecule has 8 heteroatoms. The van der Waals surface area contributed by atoms with Crippen LogP contribution >= 0.6 is 0 Å². The second-order valence-electron chi connectivity index (χ2n) is 4.17. The maximum absolute atomic E-state index is 12.0. The number of anilines is 1. The number of urea groups is 1. The lowest BCUT2D eigenvalue weighted by Crippen LogP contribution is -2.43. The number of carbonyl (C=O) groups is 1. The van der Waals surface area contributed by atoms with Crippen LogP contribution in [0.15, 0.2) is 18.2 Å². The lowest BCUT2D eigenvalue weighted by atomic mass is 10.2. The van der Waals surface area contributed by atoms with E-state index >= 15 is 0 Å². The van der Waals surface area contributed by atoms with E-state index in [1.807, 2.05) is 0 Å². The van der Waals surface area contributed by atoms with Crippen LogP contribution in [0.25, 0.3) is 0 Å². The molecule has 108 valence electrons. The Kier molecular flexibility index (Phi) is 4.36. The Morgan fingerprint density at radius 1 is 1.45 bits per heavy atom. The molecular weight excluding hydrogens is 266 g/mol. The van der Waals surface area contributed by atoms with Crippen molar-refractivity contribution in [1.82, 2.24) is 4.90 Å². The van der Waals surface area contributed by atoms with E-state index in [4.69, 9.17) is 9.47 Å². The highest BCUT2D eigenvalue weighted by atomic mass is 16.6. The van der Waals surface area contributed by atoms with Gasteiger partial charge in [0.2, 0.25) is 0 Å². The van der Waals surface area contributed by atoms with Gasteiger partial charge in [-0.1, -0.05) is 0 Å². The molecule has 0 spiro atoms. The minimum Gasteiger partial charge on any atom is -0.496 e. The Morgan fingerprint density at radius 2 is 2.15 bits per heavy atom. The zero-order valence-electron chi connectivity index (χ0n) is 11.0. The molecule has 2 amide bonds. The normalized spacial score (nSPS) is 14.8. The highest BCUT2D eigenvalue weighted by molar-refractivity contribution is 5.92. The van der Waals surface area contributed by atoms with E-state index in [0.29, 0.717) is 32.1 Å². The molecule has 0 saturated carbocycles. The summed E-state index contributed by atoms with van der Waals surface area (Å²) in [6, 6.07) is 3.91. The predicted molar refractivity (Wildman–Crippen MR) is 71.1 cm³/mol. The molecular formula is C12H15N3O5. The molecule has 1 N–H and O–H groups in total. The van der Waals surface area contributed by atoms with Crippen molar-refractivity contribution in [3.8, 4) is 5.75 Å². The molecule has 1 aliphatic rings. The number of carbonyl (C=O) groups excluding carboxylic acids is 1. The molecule has 8 nitrogen and oxygen atoms in total. The first-order chi connectivity index (χ1) is 9.61. The Labute approximate surface area is 115 Å². The van der Waals surface area contributed by atoms with Gasteiger partial charge in [0.15, 0.2) is 0 Å². The maximum atomic E-state index is 12.0. The first-order valence-electron chi connectivity index (χ1n) is 6.08. The summed E-state index contributed by atoms with van der Waals surface area (Å²) in [5.74, 6) is 0.362. The monoisotopic (exact) mass is 281 g/mol. The third-order valence-corrected chi connectivity index (χ3v) is 2.94. The van der Waals surface area contributed by atoms with Crippen LogP contribution < -0.4 is 10.1 Å². The van der Waals surface area contributed by atoms with E-state index in [0.717, 1.165) is 0 Å². The van der Waals surface area contributed by atoms with Crippen LogP contribution in [0.4, 0.5) is 16.2 Å². The number of nitrogens with zero attached hydrogens (tertiary/aromatic N) is 2. The van der Waals surface area contributed by atoms with Gasteiger partial charge in [0.1, 0.15) is 11.4 Å². The van der Waals surface area contributed by atoms with Crippen LogP contribution in [0, 0.1) is 10.1 Å². The van der Waals surface area contributed by atoms with Crippen molar-refractivity contribution in [2.24, 2.45) is 0 Å². The highest BCUT2D eigenvalue weighted by Gasteiger charge is 2.21. The lowest BCUT2D eigenvalue weighted by molar-refractivity contribution is -0.384. The van der Waals surface area contributed by atoms with Gasteiger partial charge in [0.05, 0.1) is 31.3 Å². The third kappa shape index (κ3) is 3.15. The third-order valence-electron chi connectivity index (χ3n) is 2.94.